The standard InChI is InChI=1S/C10H15F3N2O/c11-10(12,13)9(4-5-9)15-8(16)7-3-1-2-6-14-7/h7,14H,1-6H2,(H,15,16)/t7-/m0/s1. The zero-order valence-electron chi connectivity index (χ0n) is 8.86. The Labute approximate surface area is 91.8 Å². The largest absolute Gasteiger partial charge is 0.411 e. The normalized spacial score (nSPS) is 28.6. The fourth-order valence-electron chi connectivity index (χ4n) is 2.00. The number of amides is 1. The molecular weight excluding hydrogens is 221 g/mol. The van der Waals surface area contributed by atoms with Crippen LogP contribution in [0.15, 0.2) is 0 Å². The Bertz CT molecular complexity index is 280. The van der Waals surface area contributed by atoms with Gasteiger partial charge in [-0.1, -0.05) is 6.42 Å². The van der Waals surface area contributed by atoms with E-state index in [9.17, 15) is 18.0 Å². The molecule has 0 spiro atoms. The summed E-state index contributed by atoms with van der Waals surface area (Å²) in [5.74, 6) is -0.505. The van der Waals surface area contributed by atoms with Crippen LogP contribution in [0.4, 0.5) is 13.2 Å². The molecule has 0 aromatic rings. The maximum atomic E-state index is 12.6. The fourth-order valence-corrected chi connectivity index (χ4v) is 2.00. The van der Waals surface area contributed by atoms with E-state index in [2.05, 4.69) is 10.6 Å². The summed E-state index contributed by atoms with van der Waals surface area (Å²) in [4.78, 5) is 11.6. The van der Waals surface area contributed by atoms with Crippen molar-refractivity contribution in [3.63, 3.8) is 0 Å². The molecule has 0 bridgehead atoms. The molecule has 1 saturated carbocycles. The lowest BCUT2D eigenvalue weighted by Crippen LogP contribution is -2.55. The van der Waals surface area contributed by atoms with Crippen molar-refractivity contribution in [2.24, 2.45) is 0 Å². The number of alkyl halides is 3. The average Bonchev–Trinajstić information content (AvgIpc) is 2.99. The molecular formula is C10H15F3N2O. The minimum absolute atomic E-state index is 0.00889. The van der Waals surface area contributed by atoms with Gasteiger partial charge in [0.25, 0.3) is 0 Å². The van der Waals surface area contributed by atoms with Gasteiger partial charge < -0.3 is 10.6 Å². The molecule has 1 heterocycles. The van der Waals surface area contributed by atoms with Crippen LogP contribution in [0.1, 0.15) is 32.1 Å². The van der Waals surface area contributed by atoms with E-state index >= 15 is 0 Å². The summed E-state index contributed by atoms with van der Waals surface area (Å²) >= 11 is 0. The van der Waals surface area contributed by atoms with E-state index in [0.29, 0.717) is 13.0 Å². The Balaban J connectivity index is 1.92. The smallest absolute Gasteiger partial charge is 0.341 e. The van der Waals surface area contributed by atoms with Crippen molar-refractivity contribution in [2.45, 2.75) is 49.9 Å². The van der Waals surface area contributed by atoms with Gasteiger partial charge in [0.2, 0.25) is 5.91 Å². The van der Waals surface area contributed by atoms with E-state index in [1.54, 1.807) is 0 Å². The third kappa shape index (κ3) is 2.16. The molecule has 16 heavy (non-hydrogen) atoms. The molecule has 2 N–H and O–H groups in total. The molecule has 3 nitrogen and oxygen atoms in total. The number of nitrogens with one attached hydrogen (secondary N) is 2. The molecule has 2 fully saturated rings. The summed E-state index contributed by atoms with van der Waals surface area (Å²) in [6, 6.07) is -0.450. The van der Waals surface area contributed by atoms with Crippen LogP contribution in [0, 0.1) is 0 Å². The lowest BCUT2D eigenvalue weighted by molar-refractivity contribution is -0.171. The first kappa shape index (κ1) is 11.7. The van der Waals surface area contributed by atoms with Crippen LogP contribution in [0.2, 0.25) is 0 Å². The molecule has 1 aliphatic heterocycles. The fraction of sp³-hybridized carbons (Fsp3) is 0.900. The Morgan fingerprint density at radius 1 is 1.31 bits per heavy atom. The zero-order chi connectivity index (χ0) is 11.8. The van der Waals surface area contributed by atoms with Crippen molar-refractivity contribution in [3.8, 4) is 0 Å². The number of carbonyl (C=O) groups is 1. The van der Waals surface area contributed by atoms with Gasteiger partial charge in [0.05, 0.1) is 6.04 Å². The van der Waals surface area contributed by atoms with E-state index in [0.717, 1.165) is 12.8 Å². The van der Waals surface area contributed by atoms with Crippen LogP contribution in [-0.2, 0) is 4.79 Å². The summed E-state index contributed by atoms with van der Waals surface area (Å²) in [5.41, 5.74) is -1.93. The summed E-state index contributed by atoms with van der Waals surface area (Å²) in [6.07, 6.45) is -1.81. The van der Waals surface area contributed by atoms with E-state index in [1.165, 1.54) is 0 Å². The van der Waals surface area contributed by atoms with Gasteiger partial charge in [-0.25, -0.2) is 0 Å². The van der Waals surface area contributed by atoms with Crippen molar-refractivity contribution in [3.05, 3.63) is 0 Å². The summed E-state index contributed by atoms with van der Waals surface area (Å²) in [5, 5.41) is 5.09. The van der Waals surface area contributed by atoms with Crippen LogP contribution >= 0.6 is 0 Å². The van der Waals surface area contributed by atoms with Gasteiger partial charge in [0, 0.05) is 0 Å². The van der Waals surface area contributed by atoms with Gasteiger partial charge in [-0.15, -0.1) is 0 Å². The van der Waals surface area contributed by atoms with Gasteiger partial charge in [0.1, 0.15) is 5.54 Å². The van der Waals surface area contributed by atoms with E-state index in [-0.39, 0.29) is 12.8 Å². The first-order valence-electron chi connectivity index (χ1n) is 5.57. The van der Waals surface area contributed by atoms with Crippen LogP contribution < -0.4 is 10.6 Å². The Morgan fingerprint density at radius 3 is 2.44 bits per heavy atom. The number of halogens is 3. The van der Waals surface area contributed by atoms with Crippen molar-refractivity contribution < 1.29 is 18.0 Å². The third-order valence-corrected chi connectivity index (χ3v) is 3.28. The molecule has 6 heteroatoms. The van der Waals surface area contributed by atoms with Crippen LogP contribution in [0.3, 0.4) is 0 Å². The Hall–Kier alpha value is -0.780. The van der Waals surface area contributed by atoms with Gasteiger partial charge in [-0.2, -0.15) is 13.2 Å². The monoisotopic (exact) mass is 236 g/mol. The van der Waals surface area contributed by atoms with Gasteiger partial charge >= 0.3 is 6.18 Å². The zero-order valence-corrected chi connectivity index (χ0v) is 8.86. The molecule has 2 rings (SSSR count). The SMILES string of the molecule is O=C(NC1(C(F)(F)F)CC1)[C@@H]1CCCCN1. The Kier molecular flexibility index (Phi) is 2.86. The number of hydrogen-bond acceptors (Lipinski definition) is 2. The summed E-state index contributed by atoms with van der Waals surface area (Å²) in [7, 11) is 0. The van der Waals surface area contributed by atoms with Gasteiger partial charge in [0.15, 0.2) is 0 Å². The minimum atomic E-state index is -4.32. The first-order valence-corrected chi connectivity index (χ1v) is 5.57. The topological polar surface area (TPSA) is 41.1 Å². The third-order valence-electron chi connectivity index (χ3n) is 3.28. The first-order chi connectivity index (χ1) is 7.45. The van der Waals surface area contributed by atoms with E-state index < -0.39 is 23.7 Å². The molecule has 0 radical (unpaired) electrons. The molecule has 1 saturated heterocycles. The molecule has 1 aliphatic carbocycles. The minimum Gasteiger partial charge on any atom is -0.341 e. The molecule has 0 aromatic heterocycles. The highest BCUT2D eigenvalue weighted by molar-refractivity contribution is 5.83. The molecule has 0 aromatic carbocycles. The summed E-state index contributed by atoms with van der Waals surface area (Å²) < 4.78 is 37.8. The maximum absolute atomic E-state index is 12.6. The second-order valence-corrected chi connectivity index (χ2v) is 4.57. The average molecular weight is 236 g/mol. The highest BCUT2D eigenvalue weighted by Gasteiger charge is 2.64. The lowest BCUT2D eigenvalue weighted by atomic mass is 10.0. The lowest BCUT2D eigenvalue weighted by Gasteiger charge is -2.27. The second-order valence-electron chi connectivity index (χ2n) is 4.57. The quantitative estimate of drug-likeness (QED) is 0.759. The highest BCUT2D eigenvalue weighted by Crippen LogP contribution is 2.48. The predicted molar refractivity (Wildman–Crippen MR) is 51.8 cm³/mol. The molecule has 1 amide bonds. The van der Waals surface area contributed by atoms with E-state index in [1.807, 2.05) is 0 Å². The molecule has 0 unspecified atom stereocenters. The number of hydrogen-bond donors (Lipinski definition) is 2. The molecule has 92 valence electrons. The van der Waals surface area contributed by atoms with Crippen molar-refractivity contribution in [1.82, 2.24) is 10.6 Å². The predicted octanol–water partition coefficient (Wildman–Crippen LogP) is 1.34. The summed E-state index contributed by atoms with van der Waals surface area (Å²) in [6.45, 7) is 0.705. The van der Waals surface area contributed by atoms with Crippen LogP contribution in [-0.4, -0.2) is 30.2 Å². The van der Waals surface area contributed by atoms with Crippen LogP contribution in [0.25, 0.3) is 0 Å². The number of piperidine rings is 1. The molecule has 2 aliphatic rings. The van der Waals surface area contributed by atoms with Gasteiger partial charge in [-0.05, 0) is 32.2 Å². The molecule has 1 atom stereocenters. The Morgan fingerprint density at radius 2 is 2.00 bits per heavy atom. The van der Waals surface area contributed by atoms with Crippen molar-refractivity contribution >= 4 is 5.91 Å². The second kappa shape index (κ2) is 3.91. The maximum Gasteiger partial charge on any atom is 0.411 e. The van der Waals surface area contributed by atoms with E-state index in [4.69, 9.17) is 0 Å². The number of rotatable bonds is 2. The van der Waals surface area contributed by atoms with Crippen molar-refractivity contribution in [2.75, 3.05) is 6.54 Å². The highest BCUT2D eigenvalue weighted by atomic mass is 19.4. The van der Waals surface area contributed by atoms with Gasteiger partial charge in [-0.3, -0.25) is 4.79 Å². The number of carbonyl (C=O) groups excluding carboxylic acids is 1. The van der Waals surface area contributed by atoms with Crippen molar-refractivity contribution in [1.29, 1.82) is 0 Å². The van der Waals surface area contributed by atoms with Crippen LogP contribution in [0.5, 0.6) is 0 Å².